The minimum Gasteiger partial charge on any atom is -0.485 e. The number of aryl methyl sites for hydroxylation is 1. The number of ether oxygens (including phenoxy) is 1. The molecule has 0 saturated carbocycles. The average molecular weight is 339 g/mol. The van der Waals surface area contributed by atoms with Crippen LogP contribution in [0.4, 0.5) is 0 Å². The van der Waals surface area contributed by atoms with Crippen LogP contribution in [0.5, 0.6) is 5.75 Å². The number of halogens is 1. The molecular weight excluding hydrogens is 320 g/mol. The van der Waals surface area contributed by atoms with E-state index in [1.54, 1.807) is 4.68 Å². The second-order valence-corrected chi connectivity index (χ2v) is 5.43. The third-order valence-corrected chi connectivity index (χ3v) is 3.42. The summed E-state index contributed by atoms with van der Waals surface area (Å²) in [6.07, 6.45) is 2.65. The highest BCUT2D eigenvalue weighted by Gasteiger charge is 2.07. The zero-order valence-electron chi connectivity index (χ0n) is 11.8. The van der Waals surface area contributed by atoms with Crippen molar-refractivity contribution >= 4 is 15.9 Å². The van der Waals surface area contributed by atoms with Crippen LogP contribution in [0.1, 0.15) is 24.7 Å². The number of nitrogens with one attached hydrogen (secondary N) is 1. The Morgan fingerprint density at radius 2 is 2.25 bits per heavy atom. The van der Waals surface area contributed by atoms with Gasteiger partial charge < -0.3 is 10.1 Å². The summed E-state index contributed by atoms with van der Waals surface area (Å²) < 4.78 is 8.63. The van der Waals surface area contributed by atoms with Crippen molar-refractivity contribution in [1.29, 1.82) is 0 Å². The third kappa shape index (κ3) is 4.05. The Morgan fingerprint density at radius 1 is 1.40 bits per heavy atom. The molecule has 0 aliphatic heterocycles. The lowest BCUT2D eigenvalue weighted by atomic mass is 10.2. The molecule has 1 heterocycles. The van der Waals surface area contributed by atoms with E-state index in [1.165, 1.54) is 6.33 Å². The van der Waals surface area contributed by atoms with E-state index >= 15 is 0 Å². The molecule has 6 heteroatoms. The number of benzene rings is 1. The van der Waals surface area contributed by atoms with Crippen molar-refractivity contribution in [3.63, 3.8) is 0 Å². The van der Waals surface area contributed by atoms with Gasteiger partial charge in [-0.3, -0.25) is 4.68 Å². The lowest BCUT2D eigenvalue weighted by Crippen LogP contribution is -2.15. The number of hydrogen-bond donors (Lipinski definition) is 1. The summed E-state index contributed by atoms with van der Waals surface area (Å²) in [5.74, 6) is 1.68. The summed E-state index contributed by atoms with van der Waals surface area (Å²) in [5.41, 5.74) is 1.13. The van der Waals surface area contributed by atoms with Gasteiger partial charge >= 0.3 is 0 Å². The maximum Gasteiger partial charge on any atom is 0.164 e. The Kier molecular flexibility index (Phi) is 5.55. The van der Waals surface area contributed by atoms with Gasteiger partial charge in [-0.15, -0.1) is 0 Å². The minimum atomic E-state index is 0.416. The van der Waals surface area contributed by atoms with E-state index in [-0.39, 0.29) is 0 Å². The maximum atomic E-state index is 5.86. The predicted molar refractivity (Wildman–Crippen MR) is 81.5 cm³/mol. The summed E-state index contributed by atoms with van der Waals surface area (Å²) in [7, 11) is 1.86. The van der Waals surface area contributed by atoms with Crippen molar-refractivity contribution in [2.24, 2.45) is 7.05 Å². The summed E-state index contributed by atoms with van der Waals surface area (Å²) in [6.45, 7) is 4.36. The molecule has 0 spiro atoms. The molecule has 0 bridgehead atoms. The Bertz CT molecular complexity index is 556. The topological polar surface area (TPSA) is 52.0 Å². The fourth-order valence-electron chi connectivity index (χ4n) is 1.82. The highest BCUT2D eigenvalue weighted by Crippen LogP contribution is 2.23. The Balaban J connectivity index is 2.04. The van der Waals surface area contributed by atoms with Gasteiger partial charge in [0.05, 0.1) is 0 Å². The molecule has 0 amide bonds. The fraction of sp³-hybridized carbons (Fsp3) is 0.429. The normalized spacial score (nSPS) is 10.8. The third-order valence-electron chi connectivity index (χ3n) is 2.93. The van der Waals surface area contributed by atoms with E-state index in [9.17, 15) is 0 Å². The molecule has 2 aromatic rings. The van der Waals surface area contributed by atoms with Crippen LogP contribution in [0.3, 0.4) is 0 Å². The van der Waals surface area contributed by atoms with Crippen molar-refractivity contribution < 1.29 is 4.74 Å². The first-order chi connectivity index (χ1) is 9.70. The molecule has 1 N–H and O–H groups in total. The van der Waals surface area contributed by atoms with Crippen molar-refractivity contribution in [1.82, 2.24) is 20.1 Å². The molecule has 0 unspecified atom stereocenters. The van der Waals surface area contributed by atoms with E-state index in [0.29, 0.717) is 6.61 Å². The van der Waals surface area contributed by atoms with Gasteiger partial charge in [0.15, 0.2) is 5.82 Å². The zero-order valence-corrected chi connectivity index (χ0v) is 13.4. The highest BCUT2D eigenvalue weighted by molar-refractivity contribution is 9.10. The van der Waals surface area contributed by atoms with Crippen LogP contribution < -0.4 is 10.1 Å². The van der Waals surface area contributed by atoms with Gasteiger partial charge in [-0.2, -0.15) is 5.10 Å². The number of hydrogen-bond acceptors (Lipinski definition) is 4. The molecule has 2 rings (SSSR count). The molecule has 1 aromatic heterocycles. The minimum absolute atomic E-state index is 0.416. The standard InChI is InChI=1S/C14H19BrN4O/c1-3-6-16-8-11-7-12(15)4-5-13(11)20-9-14-17-10-18-19(14)2/h4-5,7,10,16H,3,6,8-9H2,1-2H3. The van der Waals surface area contributed by atoms with Gasteiger partial charge in [0.25, 0.3) is 0 Å². The predicted octanol–water partition coefficient (Wildman–Crippen LogP) is 2.66. The van der Waals surface area contributed by atoms with E-state index in [0.717, 1.165) is 41.1 Å². The van der Waals surface area contributed by atoms with Crippen molar-refractivity contribution in [2.75, 3.05) is 6.54 Å². The molecule has 1 aromatic carbocycles. The quantitative estimate of drug-likeness (QED) is 0.788. The Labute approximate surface area is 127 Å². The fourth-order valence-corrected chi connectivity index (χ4v) is 2.23. The summed E-state index contributed by atoms with van der Waals surface area (Å²) in [6, 6.07) is 6.04. The van der Waals surface area contributed by atoms with Crippen LogP contribution in [0.25, 0.3) is 0 Å². The van der Waals surface area contributed by atoms with Crippen molar-refractivity contribution in [3.05, 3.63) is 40.4 Å². The molecule has 0 atom stereocenters. The van der Waals surface area contributed by atoms with Gasteiger partial charge in [0, 0.05) is 23.6 Å². The molecule has 0 fully saturated rings. The molecule has 108 valence electrons. The van der Waals surface area contributed by atoms with Crippen LogP contribution in [-0.4, -0.2) is 21.3 Å². The van der Waals surface area contributed by atoms with Gasteiger partial charge in [0.1, 0.15) is 18.7 Å². The lowest BCUT2D eigenvalue weighted by molar-refractivity contribution is 0.286. The summed E-state index contributed by atoms with van der Waals surface area (Å²) in [4.78, 5) is 4.16. The van der Waals surface area contributed by atoms with Gasteiger partial charge in [-0.1, -0.05) is 22.9 Å². The number of nitrogens with zero attached hydrogens (tertiary/aromatic N) is 3. The van der Waals surface area contributed by atoms with Crippen LogP contribution in [0.15, 0.2) is 29.0 Å². The van der Waals surface area contributed by atoms with Crippen molar-refractivity contribution in [3.8, 4) is 5.75 Å². The molecule has 0 radical (unpaired) electrons. The molecule has 0 aliphatic carbocycles. The maximum absolute atomic E-state index is 5.86. The van der Waals surface area contributed by atoms with Crippen LogP contribution in [-0.2, 0) is 20.2 Å². The molecule has 5 nitrogen and oxygen atoms in total. The largest absolute Gasteiger partial charge is 0.485 e. The van der Waals surface area contributed by atoms with Crippen LogP contribution in [0.2, 0.25) is 0 Å². The first-order valence-electron chi connectivity index (χ1n) is 6.65. The van der Waals surface area contributed by atoms with Gasteiger partial charge in [-0.05, 0) is 31.2 Å². The van der Waals surface area contributed by atoms with Crippen molar-refractivity contribution in [2.45, 2.75) is 26.5 Å². The smallest absolute Gasteiger partial charge is 0.164 e. The average Bonchev–Trinajstić information content (AvgIpc) is 2.84. The second kappa shape index (κ2) is 7.40. The first-order valence-corrected chi connectivity index (χ1v) is 7.44. The van der Waals surface area contributed by atoms with Crippen LogP contribution >= 0.6 is 15.9 Å². The molecular formula is C14H19BrN4O. The summed E-state index contributed by atoms with van der Waals surface area (Å²) >= 11 is 3.50. The summed E-state index contributed by atoms with van der Waals surface area (Å²) in [5, 5.41) is 7.42. The Morgan fingerprint density at radius 3 is 2.95 bits per heavy atom. The monoisotopic (exact) mass is 338 g/mol. The van der Waals surface area contributed by atoms with Crippen LogP contribution in [0, 0.1) is 0 Å². The highest BCUT2D eigenvalue weighted by atomic mass is 79.9. The molecule has 0 aliphatic rings. The number of aromatic nitrogens is 3. The zero-order chi connectivity index (χ0) is 14.4. The van der Waals surface area contributed by atoms with E-state index in [2.05, 4.69) is 44.3 Å². The molecule has 0 saturated heterocycles. The van der Waals surface area contributed by atoms with E-state index in [1.807, 2.05) is 19.2 Å². The lowest BCUT2D eigenvalue weighted by Gasteiger charge is -2.12. The van der Waals surface area contributed by atoms with E-state index in [4.69, 9.17) is 4.74 Å². The van der Waals surface area contributed by atoms with E-state index < -0.39 is 0 Å². The molecule has 20 heavy (non-hydrogen) atoms. The number of rotatable bonds is 7. The first kappa shape index (κ1) is 15.0. The SMILES string of the molecule is CCCNCc1cc(Br)ccc1OCc1ncnn1C. The van der Waals surface area contributed by atoms with Gasteiger partial charge in [-0.25, -0.2) is 4.98 Å². The van der Waals surface area contributed by atoms with Gasteiger partial charge in [0.2, 0.25) is 0 Å². The Hall–Kier alpha value is -1.40. The second-order valence-electron chi connectivity index (χ2n) is 4.52.